The first-order chi connectivity index (χ1) is 16.5. The van der Waals surface area contributed by atoms with Gasteiger partial charge in [0.05, 0.1) is 12.1 Å². The lowest BCUT2D eigenvalue weighted by molar-refractivity contribution is -0.136. The SMILES string of the molecule is CN1CCc2ccccc2C12CCN(C(=O)[C@@H](Cc1ccc(Cl)cc1)NCC1CCCO1)CC2. The molecule has 0 radical (unpaired) electrons. The Morgan fingerprint density at radius 3 is 2.65 bits per heavy atom. The van der Waals surface area contributed by atoms with Crippen molar-refractivity contribution in [2.75, 3.05) is 39.8 Å². The fourth-order valence-electron chi connectivity index (χ4n) is 6.05. The predicted molar refractivity (Wildman–Crippen MR) is 136 cm³/mol. The number of hydrogen-bond acceptors (Lipinski definition) is 4. The normalized spacial score (nSPS) is 23.1. The van der Waals surface area contributed by atoms with Crippen molar-refractivity contribution in [1.82, 2.24) is 15.1 Å². The number of halogens is 1. The number of hydrogen-bond donors (Lipinski definition) is 1. The molecule has 0 saturated carbocycles. The molecule has 3 aliphatic rings. The Morgan fingerprint density at radius 1 is 1.15 bits per heavy atom. The molecule has 1 amide bonds. The van der Waals surface area contributed by atoms with Crippen LogP contribution in [0.3, 0.4) is 0 Å². The van der Waals surface area contributed by atoms with E-state index in [4.69, 9.17) is 16.3 Å². The average Bonchev–Trinajstić information content (AvgIpc) is 3.39. The number of amides is 1. The Kier molecular flexibility index (Phi) is 7.26. The van der Waals surface area contributed by atoms with E-state index < -0.39 is 0 Å². The number of carbonyl (C=O) groups excluding carboxylic acids is 1. The van der Waals surface area contributed by atoms with Crippen molar-refractivity contribution >= 4 is 17.5 Å². The van der Waals surface area contributed by atoms with Crippen molar-refractivity contribution in [3.05, 3.63) is 70.2 Å². The number of fused-ring (bicyclic) bond motifs is 2. The van der Waals surface area contributed by atoms with Crippen LogP contribution < -0.4 is 5.32 Å². The van der Waals surface area contributed by atoms with Crippen molar-refractivity contribution in [3.8, 4) is 0 Å². The van der Waals surface area contributed by atoms with Gasteiger partial charge in [-0.3, -0.25) is 9.69 Å². The van der Waals surface area contributed by atoms with Gasteiger partial charge in [0.15, 0.2) is 0 Å². The molecule has 34 heavy (non-hydrogen) atoms. The van der Waals surface area contributed by atoms with Crippen LogP contribution in [0.15, 0.2) is 48.5 Å². The lowest BCUT2D eigenvalue weighted by atomic mass is 9.74. The predicted octanol–water partition coefficient (Wildman–Crippen LogP) is 4.03. The van der Waals surface area contributed by atoms with Gasteiger partial charge < -0.3 is 15.0 Å². The number of piperidine rings is 1. The quantitative estimate of drug-likeness (QED) is 0.676. The number of nitrogens with one attached hydrogen (secondary N) is 1. The molecule has 3 heterocycles. The van der Waals surface area contributed by atoms with E-state index in [2.05, 4.69) is 46.4 Å². The van der Waals surface area contributed by atoms with Gasteiger partial charge in [0, 0.05) is 43.3 Å². The Bertz CT molecular complexity index is 981. The molecular weight excluding hydrogens is 446 g/mol. The highest BCUT2D eigenvalue weighted by Crippen LogP contribution is 2.42. The molecule has 3 aliphatic heterocycles. The molecule has 5 nitrogen and oxygen atoms in total. The number of carbonyl (C=O) groups is 1. The summed E-state index contributed by atoms with van der Waals surface area (Å²) >= 11 is 6.09. The molecule has 0 aliphatic carbocycles. The van der Waals surface area contributed by atoms with Gasteiger partial charge in [-0.2, -0.15) is 0 Å². The fraction of sp³-hybridized carbons (Fsp3) is 0.536. The minimum atomic E-state index is -0.254. The van der Waals surface area contributed by atoms with Gasteiger partial charge in [0.25, 0.3) is 0 Å². The van der Waals surface area contributed by atoms with Crippen molar-refractivity contribution in [2.24, 2.45) is 0 Å². The van der Waals surface area contributed by atoms with Gasteiger partial charge in [-0.1, -0.05) is 48.0 Å². The second kappa shape index (κ2) is 10.4. The number of likely N-dealkylation sites (tertiary alicyclic amines) is 1. The zero-order valence-corrected chi connectivity index (χ0v) is 20.9. The van der Waals surface area contributed by atoms with Gasteiger partial charge in [0.2, 0.25) is 5.91 Å². The van der Waals surface area contributed by atoms with Crippen LogP contribution in [-0.4, -0.2) is 67.7 Å². The van der Waals surface area contributed by atoms with Crippen molar-refractivity contribution in [1.29, 1.82) is 0 Å². The van der Waals surface area contributed by atoms with Crippen LogP contribution in [0.1, 0.15) is 42.4 Å². The highest BCUT2D eigenvalue weighted by molar-refractivity contribution is 6.30. The molecule has 0 aromatic heterocycles. The van der Waals surface area contributed by atoms with E-state index in [1.54, 1.807) is 0 Å². The molecule has 6 heteroatoms. The molecule has 2 saturated heterocycles. The molecule has 1 spiro atoms. The standard InChI is InChI=1S/C28H36ClN3O2/c1-31-15-12-22-5-2-3-7-25(22)28(31)13-16-32(17-14-28)27(33)26(30-20-24-6-4-18-34-24)19-21-8-10-23(29)11-9-21/h2-3,5,7-11,24,26,30H,4,6,12-20H2,1H3/t24?,26-/m1/s1. The summed E-state index contributed by atoms with van der Waals surface area (Å²) in [7, 11) is 2.25. The van der Waals surface area contributed by atoms with Gasteiger partial charge in [0.1, 0.15) is 0 Å². The number of likely N-dealkylation sites (N-methyl/N-ethyl adjacent to an activating group) is 1. The number of ether oxygens (including phenoxy) is 1. The molecular formula is C28H36ClN3O2. The topological polar surface area (TPSA) is 44.8 Å². The van der Waals surface area contributed by atoms with Crippen LogP contribution in [-0.2, 0) is 27.9 Å². The van der Waals surface area contributed by atoms with Crippen molar-refractivity contribution < 1.29 is 9.53 Å². The van der Waals surface area contributed by atoms with Crippen LogP contribution >= 0.6 is 11.6 Å². The summed E-state index contributed by atoms with van der Waals surface area (Å²) in [6, 6.07) is 16.5. The molecule has 2 fully saturated rings. The summed E-state index contributed by atoms with van der Waals surface area (Å²) in [5, 5.41) is 4.28. The Balaban J connectivity index is 1.29. The molecule has 5 rings (SSSR count). The van der Waals surface area contributed by atoms with Crippen LogP contribution in [0.2, 0.25) is 5.02 Å². The van der Waals surface area contributed by atoms with Crippen molar-refractivity contribution in [2.45, 2.75) is 56.2 Å². The second-order valence-electron chi connectivity index (χ2n) is 10.1. The molecule has 2 atom stereocenters. The number of nitrogens with zero attached hydrogens (tertiary/aromatic N) is 2. The molecule has 1 unspecified atom stereocenters. The van der Waals surface area contributed by atoms with E-state index in [9.17, 15) is 4.79 Å². The maximum Gasteiger partial charge on any atom is 0.240 e. The highest BCUT2D eigenvalue weighted by Gasteiger charge is 2.44. The van der Waals surface area contributed by atoms with Gasteiger partial charge >= 0.3 is 0 Å². The summed E-state index contributed by atoms with van der Waals surface area (Å²) in [6.07, 6.45) is 6.09. The maximum atomic E-state index is 13.8. The first-order valence-electron chi connectivity index (χ1n) is 12.7. The Hall–Kier alpha value is -1.92. The number of benzene rings is 2. The van der Waals surface area contributed by atoms with Gasteiger partial charge in [-0.05, 0) is 74.4 Å². The van der Waals surface area contributed by atoms with Crippen LogP contribution in [0.25, 0.3) is 0 Å². The minimum Gasteiger partial charge on any atom is -0.377 e. The monoisotopic (exact) mass is 481 g/mol. The van der Waals surface area contributed by atoms with Crippen molar-refractivity contribution in [3.63, 3.8) is 0 Å². The summed E-state index contributed by atoms with van der Waals surface area (Å²) in [5.41, 5.74) is 4.10. The lowest BCUT2D eigenvalue weighted by Crippen LogP contribution is -2.58. The summed E-state index contributed by atoms with van der Waals surface area (Å²) in [4.78, 5) is 18.4. The molecule has 2 aromatic carbocycles. The Morgan fingerprint density at radius 2 is 1.91 bits per heavy atom. The van der Waals surface area contributed by atoms with Gasteiger partial charge in [-0.15, -0.1) is 0 Å². The van der Waals surface area contributed by atoms with E-state index in [1.165, 1.54) is 11.1 Å². The molecule has 182 valence electrons. The van der Waals surface area contributed by atoms with E-state index >= 15 is 0 Å². The first-order valence-corrected chi connectivity index (χ1v) is 13.1. The first kappa shape index (κ1) is 23.8. The lowest BCUT2D eigenvalue weighted by Gasteiger charge is -2.51. The van der Waals surface area contributed by atoms with E-state index in [0.717, 1.165) is 75.5 Å². The van der Waals surface area contributed by atoms with Crippen LogP contribution in [0.4, 0.5) is 0 Å². The molecule has 2 aromatic rings. The van der Waals surface area contributed by atoms with Crippen LogP contribution in [0, 0.1) is 0 Å². The average molecular weight is 482 g/mol. The van der Waals surface area contributed by atoms with Gasteiger partial charge in [-0.25, -0.2) is 0 Å². The molecule has 1 N–H and O–H groups in total. The largest absolute Gasteiger partial charge is 0.377 e. The third kappa shape index (κ3) is 4.90. The number of rotatable bonds is 6. The maximum absolute atomic E-state index is 13.8. The summed E-state index contributed by atoms with van der Waals surface area (Å²) in [5.74, 6) is 0.203. The molecule has 0 bridgehead atoms. The Labute approximate surface area is 208 Å². The fourth-order valence-corrected chi connectivity index (χ4v) is 6.18. The van der Waals surface area contributed by atoms with E-state index in [-0.39, 0.29) is 23.6 Å². The van der Waals surface area contributed by atoms with E-state index in [1.807, 2.05) is 24.3 Å². The zero-order valence-electron chi connectivity index (χ0n) is 20.1. The zero-order chi connectivity index (χ0) is 23.5. The van der Waals surface area contributed by atoms with Crippen LogP contribution in [0.5, 0.6) is 0 Å². The third-order valence-electron chi connectivity index (χ3n) is 8.14. The second-order valence-corrected chi connectivity index (χ2v) is 10.5. The highest BCUT2D eigenvalue weighted by atomic mass is 35.5. The summed E-state index contributed by atoms with van der Waals surface area (Å²) < 4.78 is 5.80. The minimum absolute atomic E-state index is 0.0441. The summed E-state index contributed by atoms with van der Waals surface area (Å²) in [6.45, 7) is 4.20. The smallest absolute Gasteiger partial charge is 0.240 e. The third-order valence-corrected chi connectivity index (χ3v) is 8.39. The van der Waals surface area contributed by atoms with E-state index in [0.29, 0.717) is 6.42 Å².